The first kappa shape index (κ1) is 18.3. The molecule has 0 radical (unpaired) electrons. The lowest BCUT2D eigenvalue weighted by molar-refractivity contribution is 0.415. The van der Waals surface area contributed by atoms with Crippen LogP contribution >= 0.6 is 0 Å². The van der Waals surface area contributed by atoms with E-state index in [1.807, 2.05) is 24.3 Å². The highest BCUT2D eigenvalue weighted by Crippen LogP contribution is 2.32. The van der Waals surface area contributed by atoms with Gasteiger partial charge in [0, 0.05) is 11.1 Å². The molecule has 0 aliphatic heterocycles. The van der Waals surface area contributed by atoms with Crippen molar-refractivity contribution in [3.63, 3.8) is 0 Å². The van der Waals surface area contributed by atoms with Crippen LogP contribution in [-0.4, -0.2) is 7.11 Å². The van der Waals surface area contributed by atoms with E-state index in [1.54, 1.807) is 7.11 Å². The van der Waals surface area contributed by atoms with E-state index < -0.39 is 0 Å². The summed E-state index contributed by atoms with van der Waals surface area (Å²) in [6, 6.07) is 16.6. The maximum atomic E-state index is 5.18. The molecule has 1 aliphatic rings. The highest BCUT2D eigenvalue weighted by molar-refractivity contribution is 5.67. The lowest BCUT2D eigenvalue weighted by atomic mass is 9.84. The van der Waals surface area contributed by atoms with E-state index in [0.717, 1.165) is 22.8 Å². The zero-order chi connectivity index (χ0) is 18.2. The smallest absolute Gasteiger partial charge is 0.118 e. The Balaban J connectivity index is 1.62. The quantitative estimate of drug-likeness (QED) is 0.565. The summed E-state index contributed by atoms with van der Waals surface area (Å²) in [5.74, 6) is 8.22. The van der Waals surface area contributed by atoms with E-state index in [-0.39, 0.29) is 0 Å². The van der Waals surface area contributed by atoms with Crippen LogP contribution in [0.4, 0.5) is 0 Å². The van der Waals surface area contributed by atoms with Gasteiger partial charge >= 0.3 is 0 Å². The first-order valence-corrected chi connectivity index (χ1v) is 9.74. The Morgan fingerprint density at radius 1 is 0.962 bits per heavy atom. The largest absolute Gasteiger partial charge is 0.497 e. The molecule has 0 fully saturated rings. The van der Waals surface area contributed by atoms with Gasteiger partial charge in [-0.1, -0.05) is 56.2 Å². The molecule has 0 spiro atoms. The summed E-state index contributed by atoms with van der Waals surface area (Å²) in [5.41, 5.74) is 4.92. The average Bonchev–Trinajstić information content (AvgIpc) is 2.72. The molecular weight excluding hydrogens is 316 g/mol. The van der Waals surface area contributed by atoms with E-state index in [1.165, 1.54) is 49.7 Å². The van der Waals surface area contributed by atoms with Gasteiger partial charge in [-0.2, -0.15) is 0 Å². The van der Waals surface area contributed by atoms with Gasteiger partial charge in [0.25, 0.3) is 0 Å². The van der Waals surface area contributed by atoms with Gasteiger partial charge in [0.1, 0.15) is 5.75 Å². The molecule has 0 saturated heterocycles. The Hall–Kier alpha value is -2.46. The molecule has 1 aliphatic carbocycles. The fourth-order valence-corrected chi connectivity index (χ4v) is 3.49. The Morgan fingerprint density at radius 3 is 2.15 bits per heavy atom. The molecule has 0 N–H and O–H groups in total. The third-order valence-corrected chi connectivity index (χ3v) is 5.18. The molecule has 0 aromatic heterocycles. The molecular formula is C25H28O. The minimum atomic E-state index is 0.859. The van der Waals surface area contributed by atoms with Crippen molar-refractivity contribution in [1.29, 1.82) is 0 Å². The molecule has 2 aromatic carbocycles. The molecule has 1 unspecified atom stereocenters. The zero-order valence-electron chi connectivity index (χ0n) is 15.9. The van der Waals surface area contributed by atoms with Gasteiger partial charge < -0.3 is 4.74 Å². The number of rotatable bonds is 5. The molecule has 3 rings (SSSR count). The SMILES string of the molecule is CCCCC1CC=C(c2ccc(C#Cc3ccc(OC)cc3)cc2)CC1. The topological polar surface area (TPSA) is 9.23 Å². The zero-order valence-corrected chi connectivity index (χ0v) is 15.9. The lowest BCUT2D eigenvalue weighted by Crippen LogP contribution is -2.05. The van der Waals surface area contributed by atoms with Crippen molar-refractivity contribution in [3.8, 4) is 17.6 Å². The first-order chi connectivity index (χ1) is 12.8. The van der Waals surface area contributed by atoms with Crippen molar-refractivity contribution in [2.45, 2.75) is 45.4 Å². The van der Waals surface area contributed by atoms with Gasteiger partial charge in [-0.25, -0.2) is 0 Å². The van der Waals surface area contributed by atoms with Crippen molar-refractivity contribution in [3.05, 3.63) is 71.3 Å². The third kappa shape index (κ3) is 5.02. The molecule has 26 heavy (non-hydrogen) atoms. The number of benzene rings is 2. The molecule has 134 valence electrons. The Kier molecular flexibility index (Phi) is 6.56. The second kappa shape index (κ2) is 9.30. The maximum absolute atomic E-state index is 5.18. The standard InChI is InChI=1S/C25H28O/c1-3-4-5-20-8-14-23(15-9-20)24-16-10-21(11-17-24)6-7-22-12-18-25(26-2)19-13-22/h10-14,16-20H,3-5,8-9,15H2,1-2H3. The van der Waals surface area contributed by atoms with Gasteiger partial charge in [0.2, 0.25) is 0 Å². The molecule has 0 heterocycles. The van der Waals surface area contributed by atoms with E-state index in [4.69, 9.17) is 4.74 Å². The molecule has 0 bridgehead atoms. The van der Waals surface area contributed by atoms with Crippen LogP contribution in [0.2, 0.25) is 0 Å². The van der Waals surface area contributed by atoms with Crippen molar-refractivity contribution in [2.75, 3.05) is 7.11 Å². The highest BCUT2D eigenvalue weighted by Gasteiger charge is 2.14. The van der Waals surface area contributed by atoms with Crippen molar-refractivity contribution in [2.24, 2.45) is 5.92 Å². The Morgan fingerprint density at radius 2 is 1.62 bits per heavy atom. The highest BCUT2D eigenvalue weighted by atomic mass is 16.5. The third-order valence-electron chi connectivity index (χ3n) is 5.18. The summed E-state index contributed by atoms with van der Waals surface area (Å²) in [6.45, 7) is 2.28. The van der Waals surface area contributed by atoms with E-state index in [0.29, 0.717) is 0 Å². The van der Waals surface area contributed by atoms with Crippen molar-refractivity contribution in [1.82, 2.24) is 0 Å². The van der Waals surface area contributed by atoms with Gasteiger partial charge in [-0.05, 0) is 72.7 Å². The summed E-state index contributed by atoms with van der Waals surface area (Å²) in [7, 11) is 1.68. The number of allylic oxidation sites excluding steroid dienone is 2. The minimum Gasteiger partial charge on any atom is -0.497 e. The fourth-order valence-electron chi connectivity index (χ4n) is 3.49. The van der Waals surface area contributed by atoms with Crippen LogP contribution in [0.3, 0.4) is 0 Å². The summed E-state index contributed by atoms with van der Waals surface area (Å²) < 4.78 is 5.18. The normalized spacial score (nSPS) is 16.4. The van der Waals surface area contributed by atoms with Crippen molar-refractivity contribution >= 4 is 5.57 Å². The second-order valence-electron chi connectivity index (χ2n) is 7.07. The summed E-state index contributed by atoms with van der Waals surface area (Å²) in [4.78, 5) is 0. The molecule has 1 heteroatoms. The summed E-state index contributed by atoms with van der Waals surface area (Å²) >= 11 is 0. The minimum absolute atomic E-state index is 0.859. The predicted molar refractivity (Wildman–Crippen MR) is 110 cm³/mol. The van der Waals surface area contributed by atoms with Gasteiger partial charge in [-0.15, -0.1) is 0 Å². The predicted octanol–water partition coefficient (Wildman–Crippen LogP) is 6.47. The number of methoxy groups -OCH3 is 1. The van der Waals surface area contributed by atoms with Crippen LogP contribution in [0.5, 0.6) is 5.75 Å². The Bertz CT molecular complexity index is 785. The molecule has 1 atom stereocenters. The van der Waals surface area contributed by atoms with Gasteiger partial charge in [-0.3, -0.25) is 0 Å². The summed E-state index contributed by atoms with van der Waals surface area (Å²) in [6.07, 6.45) is 10.3. The molecule has 2 aromatic rings. The number of unbranched alkanes of at least 4 members (excludes halogenated alkanes) is 1. The van der Waals surface area contributed by atoms with Crippen LogP contribution < -0.4 is 4.74 Å². The van der Waals surface area contributed by atoms with Crippen LogP contribution in [0.1, 0.15) is 62.1 Å². The lowest BCUT2D eigenvalue weighted by Gasteiger charge is -2.22. The average molecular weight is 344 g/mol. The van der Waals surface area contributed by atoms with Gasteiger partial charge in [0.05, 0.1) is 7.11 Å². The van der Waals surface area contributed by atoms with Crippen LogP contribution in [-0.2, 0) is 0 Å². The van der Waals surface area contributed by atoms with E-state index in [9.17, 15) is 0 Å². The molecule has 0 amide bonds. The molecule has 0 saturated carbocycles. The van der Waals surface area contributed by atoms with Crippen molar-refractivity contribution < 1.29 is 4.74 Å². The number of hydrogen-bond acceptors (Lipinski definition) is 1. The van der Waals surface area contributed by atoms with Crippen LogP contribution in [0.25, 0.3) is 5.57 Å². The first-order valence-electron chi connectivity index (χ1n) is 9.74. The monoisotopic (exact) mass is 344 g/mol. The second-order valence-corrected chi connectivity index (χ2v) is 7.07. The molecule has 1 nitrogen and oxygen atoms in total. The number of ether oxygens (including phenoxy) is 1. The number of hydrogen-bond donors (Lipinski definition) is 0. The maximum Gasteiger partial charge on any atom is 0.118 e. The summed E-state index contributed by atoms with van der Waals surface area (Å²) in [5, 5.41) is 0. The van der Waals surface area contributed by atoms with Crippen LogP contribution in [0, 0.1) is 17.8 Å². The van der Waals surface area contributed by atoms with E-state index in [2.05, 4.69) is 49.1 Å². The van der Waals surface area contributed by atoms with Gasteiger partial charge in [0.15, 0.2) is 0 Å². The Labute approximate surface area is 158 Å². The van der Waals surface area contributed by atoms with Crippen LogP contribution in [0.15, 0.2) is 54.6 Å². The fraction of sp³-hybridized carbons (Fsp3) is 0.360. The van der Waals surface area contributed by atoms with E-state index >= 15 is 0 Å².